The van der Waals surface area contributed by atoms with Gasteiger partial charge in [-0.3, -0.25) is 0 Å². The molecule has 9 heteroatoms. The zero-order valence-corrected chi connectivity index (χ0v) is 15.3. The highest BCUT2D eigenvalue weighted by Gasteiger charge is 2.31. The van der Waals surface area contributed by atoms with Gasteiger partial charge in [-0.2, -0.15) is 4.39 Å². The monoisotopic (exact) mass is 386 g/mol. The fourth-order valence-electron chi connectivity index (χ4n) is 2.91. The van der Waals surface area contributed by atoms with Crippen molar-refractivity contribution in [3.05, 3.63) is 42.0 Å². The first-order valence-electron chi connectivity index (χ1n) is 8.61. The van der Waals surface area contributed by atoms with E-state index in [9.17, 15) is 17.6 Å². The van der Waals surface area contributed by atoms with Crippen LogP contribution in [0.15, 0.2) is 30.6 Å². The summed E-state index contributed by atoms with van der Waals surface area (Å²) in [5, 5.41) is 2.68. The van der Waals surface area contributed by atoms with E-state index in [0.29, 0.717) is 13.0 Å². The van der Waals surface area contributed by atoms with Gasteiger partial charge >= 0.3 is 6.36 Å². The van der Waals surface area contributed by atoms with Crippen molar-refractivity contribution in [3.8, 4) is 5.75 Å². The first-order valence-corrected chi connectivity index (χ1v) is 8.61. The molecule has 2 aromatic rings. The van der Waals surface area contributed by atoms with Crippen LogP contribution >= 0.6 is 0 Å². The van der Waals surface area contributed by atoms with E-state index < -0.39 is 12.2 Å². The zero-order chi connectivity index (χ0) is 20.0. The van der Waals surface area contributed by atoms with E-state index in [1.165, 1.54) is 18.5 Å². The number of nitrogens with one attached hydrogen (secondary N) is 1. The SMILES string of the molecule is CCCN(c1ncnc(NC)c1F)C(CC)c1ccc(OC(F)(F)F)cc1. The molecule has 27 heavy (non-hydrogen) atoms. The fourth-order valence-corrected chi connectivity index (χ4v) is 2.91. The summed E-state index contributed by atoms with van der Waals surface area (Å²) in [4.78, 5) is 9.75. The number of anilines is 2. The molecule has 148 valence electrons. The molecule has 1 aromatic carbocycles. The number of ether oxygens (including phenoxy) is 1. The summed E-state index contributed by atoms with van der Waals surface area (Å²) in [5.74, 6) is -0.624. The standard InChI is InChI=1S/C18H22F4N4O/c1-4-10-26(17-15(19)16(23-3)24-11-25-17)14(5-2)12-6-8-13(9-7-12)27-18(20,21)22/h6-9,11,14H,4-5,10H2,1-3H3,(H,23,24,25). The minimum Gasteiger partial charge on any atom is -0.406 e. The Morgan fingerprint density at radius 1 is 1.15 bits per heavy atom. The molecule has 1 N–H and O–H groups in total. The van der Waals surface area contributed by atoms with Gasteiger partial charge in [-0.15, -0.1) is 13.2 Å². The van der Waals surface area contributed by atoms with E-state index in [-0.39, 0.29) is 23.4 Å². The van der Waals surface area contributed by atoms with Crippen LogP contribution in [0.3, 0.4) is 0 Å². The van der Waals surface area contributed by atoms with Gasteiger partial charge in [0.1, 0.15) is 12.1 Å². The largest absolute Gasteiger partial charge is 0.573 e. The van der Waals surface area contributed by atoms with Gasteiger partial charge in [-0.05, 0) is 30.5 Å². The Morgan fingerprint density at radius 2 is 1.81 bits per heavy atom. The van der Waals surface area contributed by atoms with Gasteiger partial charge < -0.3 is 15.0 Å². The smallest absolute Gasteiger partial charge is 0.406 e. The first kappa shape index (κ1) is 20.7. The lowest BCUT2D eigenvalue weighted by molar-refractivity contribution is -0.274. The molecule has 0 bridgehead atoms. The van der Waals surface area contributed by atoms with E-state index in [2.05, 4.69) is 20.0 Å². The molecule has 1 aromatic heterocycles. The molecule has 1 heterocycles. The highest BCUT2D eigenvalue weighted by molar-refractivity contribution is 5.52. The average Bonchev–Trinajstić information content (AvgIpc) is 2.62. The second-order valence-corrected chi connectivity index (χ2v) is 5.84. The second kappa shape index (κ2) is 8.88. The Kier molecular flexibility index (Phi) is 6.81. The van der Waals surface area contributed by atoms with Crippen LogP contribution in [-0.4, -0.2) is 29.9 Å². The third-order valence-corrected chi connectivity index (χ3v) is 4.01. The van der Waals surface area contributed by atoms with Gasteiger partial charge in [0.05, 0.1) is 6.04 Å². The van der Waals surface area contributed by atoms with Gasteiger partial charge in [-0.25, -0.2) is 9.97 Å². The van der Waals surface area contributed by atoms with E-state index in [0.717, 1.165) is 12.0 Å². The molecule has 0 aliphatic heterocycles. The van der Waals surface area contributed by atoms with Crippen molar-refractivity contribution in [3.63, 3.8) is 0 Å². The van der Waals surface area contributed by atoms with E-state index in [4.69, 9.17) is 0 Å². The molecule has 5 nitrogen and oxygen atoms in total. The number of nitrogens with zero attached hydrogens (tertiary/aromatic N) is 3. The minimum atomic E-state index is -4.74. The third-order valence-electron chi connectivity index (χ3n) is 4.01. The van der Waals surface area contributed by atoms with E-state index in [1.54, 1.807) is 24.1 Å². The zero-order valence-electron chi connectivity index (χ0n) is 15.3. The van der Waals surface area contributed by atoms with Crippen molar-refractivity contribution in [2.45, 2.75) is 39.1 Å². The number of aromatic nitrogens is 2. The van der Waals surface area contributed by atoms with Crippen LogP contribution < -0.4 is 15.0 Å². The quantitative estimate of drug-likeness (QED) is 0.653. The van der Waals surface area contributed by atoms with Crippen LogP contribution in [-0.2, 0) is 0 Å². The minimum absolute atomic E-state index is 0.0879. The number of halogens is 4. The summed E-state index contributed by atoms with van der Waals surface area (Å²) in [7, 11) is 1.57. The predicted octanol–water partition coefficient (Wildman–Crippen LogP) is 4.92. The molecule has 0 saturated heterocycles. The van der Waals surface area contributed by atoms with E-state index in [1.807, 2.05) is 13.8 Å². The van der Waals surface area contributed by atoms with Crippen LogP contribution in [0, 0.1) is 5.82 Å². The lowest BCUT2D eigenvalue weighted by Gasteiger charge is -2.32. The van der Waals surface area contributed by atoms with Crippen molar-refractivity contribution < 1.29 is 22.3 Å². The molecular formula is C18H22F4N4O. The summed E-state index contributed by atoms with van der Waals surface area (Å²) in [5.41, 5.74) is 0.740. The Labute approximate surface area is 155 Å². The van der Waals surface area contributed by atoms with Gasteiger partial charge in [0, 0.05) is 13.6 Å². The lowest BCUT2D eigenvalue weighted by Crippen LogP contribution is -2.31. The summed E-state index contributed by atoms with van der Waals surface area (Å²) < 4.78 is 55.7. The first-order chi connectivity index (χ1) is 12.8. The molecule has 0 fully saturated rings. The van der Waals surface area contributed by atoms with Crippen LogP contribution in [0.4, 0.5) is 29.2 Å². The number of rotatable bonds is 8. The Balaban J connectivity index is 2.37. The summed E-state index contributed by atoms with van der Waals surface area (Å²) in [6.45, 7) is 4.40. The molecular weight excluding hydrogens is 364 g/mol. The second-order valence-electron chi connectivity index (χ2n) is 5.84. The Hall–Kier alpha value is -2.58. The van der Waals surface area contributed by atoms with Crippen molar-refractivity contribution in [2.24, 2.45) is 0 Å². The van der Waals surface area contributed by atoms with Gasteiger partial charge in [0.25, 0.3) is 0 Å². The normalized spacial score (nSPS) is 12.6. The molecule has 0 spiro atoms. The lowest BCUT2D eigenvalue weighted by atomic mass is 10.0. The van der Waals surface area contributed by atoms with Gasteiger partial charge in [0.2, 0.25) is 5.82 Å². The van der Waals surface area contributed by atoms with Crippen LogP contribution in [0.5, 0.6) is 5.75 Å². The molecule has 0 amide bonds. The fraction of sp³-hybridized carbons (Fsp3) is 0.444. The van der Waals surface area contributed by atoms with E-state index >= 15 is 0 Å². The van der Waals surface area contributed by atoms with Crippen LogP contribution in [0.1, 0.15) is 38.3 Å². The average molecular weight is 386 g/mol. The van der Waals surface area contributed by atoms with Gasteiger partial charge in [0.15, 0.2) is 11.6 Å². The Bertz CT molecular complexity index is 737. The highest BCUT2D eigenvalue weighted by atomic mass is 19.4. The number of alkyl halides is 3. The number of hydrogen-bond donors (Lipinski definition) is 1. The van der Waals surface area contributed by atoms with Crippen molar-refractivity contribution >= 4 is 11.6 Å². The molecule has 0 saturated carbocycles. The number of hydrogen-bond acceptors (Lipinski definition) is 5. The Morgan fingerprint density at radius 3 is 2.33 bits per heavy atom. The summed E-state index contributed by atoms with van der Waals surface area (Å²) in [6.07, 6.45) is -2.12. The molecule has 0 aliphatic carbocycles. The maximum Gasteiger partial charge on any atom is 0.573 e. The topological polar surface area (TPSA) is 50.3 Å². The van der Waals surface area contributed by atoms with Crippen molar-refractivity contribution in [1.82, 2.24) is 9.97 Å². The highest BCUT2D eigenvalue weighted by Crippen LogP contribution is 2.33. The maximum absolute atomic E-state index is 14.7. The molecule has 2 rings (SSSR count). The van der Waals surface area contributed by atoms with Crippen molar-refractivity contribution in [1.29, 1.82) is 0 Å². The summed E-state index contributed by atoms with van der Waals surface area (Å²) >= 11 is 0. The van der Waals surface area contributed by atoms with Crippen LogP contribution in [0.25, 0.3) is 0 Å². The summed E-state index contributed by atoms with van der Waals surface area (Å²) in [6, 6.07) is 5.35. The predicted molar refractivity (Wildman–Crippen MR) is 95.3 cm³/mol. The third kappa shape index (κ3) is 5.21. The van der Waals surface area contributed by atoms with Crippen LogP contribution in [0.2, 0.25) is 0 Å². The number of benzene rings is 1. The van der Waals surface area contributed by atoms with Gasteiger partial charge in [-0.1, -0.05) is 26.0 Å². The molecule has 0 aliphatic rings. The molecule has 0 radical (unpaired) electrons. The molecule has 1 atom stereocenters. The maximum atomic E-state index is 14.7. The molecule has 1 unspecified atom stereocenters. The van der Waals surface area contributed by atoms with Crippen molar-refractivity contribution in [2.75, 3.05) is 23.8 Å².